The lowest BCUT2D eigenvalue weighted by Crippen LogP contribution is -2.34. The van der Waals surface area contributed by atoms with Gasteiger partial charge in [0.2, 0.25) is 0 Å². The summed E-state index contributed by atoms with van der Waals surface area (Å²) in [5, 5.41) is 0. The van der Waals surface area contributed by atoms with Crippen LogP contribution in [0.2, 0.25) is 0 Å². The van der Waals surface area contributed by atoms with Crippen molar-refractivity contribution in [3.8, 4) is 11.8 Å². The molecule has 2 rings (SSSR count). The monoisotopic (exact) mass is 284 g/mol. The quantitative estimate of drug-likeness (QED) is 0.859. The van der Waals surface area contributed by atoms with E-state index in [9.17, 15) is 0 Å². The predicted molar refractivity (Wildman–Crippen MR) is 89.9 cm³/mol. The topological polar surface area (TPSA) is 29.3 Å². The van der Waals surface area contributed by atoms with Crippen LogP contribution < -0.4 is 5.73 Å². The molecular formula is C19H28N2. The highest BCUT2D eigenvalue weighted by Crippen LogP contribution is 2.29. The van der Waals surface area contributed by atoms with Crippen molar-refractivity contribution in [2.24, 2.45) is 11.7 Å². The SMILES string of the molecule is CCC1CCC(N(C)Cc2cccc(C#CCN)c2)CC1. The fraction of sp³-hybridized carbons (Fsp3) is 0.579. The van der Waals surface area contributed by atoms with Gasteiger partial charge in [-0.3, -0.25) is 4.90 Å². The molecule has 0 aliphatic heterocycles. The summed E-state index contributed by atoms with van der Waals surface area (Å²) >= 11 is 0. The van der Waals surface area contributed by atoms with E-state index in [1.807, 2.05) is 0 Å². The number of benzene rings is 1. The van der Waals surface area contributed by atoms with Crippen molar-refractivity contribution in [1.82, 2.24) is 4.90 Å². The van der Waals surface area contributed by atoms with Crippen LogP contribution in [0.25, 0.3) is 0 Å². The van der Waals surface area contributed by atoms with Crippen LogP contribution in [-0.4, -0.2) is 24.5 Å². The van der Waals surface area contributed by atoms with Crippen LogP contribution >= 0.6 is 0 Å². The Morgan fingerprint density at radius 2 is 2.00 bits per heavy atom. The fourth-order valence-electron chi connectivity index (χ4n) is 3.31. The predicted octanol–water partition coefficient (Wildman–Crippen LogP) is 3.40. The second-order valence-electron chi connectivity index (χ2n) is 6.20. The van der Waals surface area contributed by atoms with Gasteiger partial charge in [0.1, 0.15) is 0 Å². The van der Waals surface area contributed by atoms with Crippen LogP contribution in [0.15, 0.2) is 24.3 Å². The minimum Gasteiger partial charge on any atom is -0.320 e. The van der Waals surface area contributed by atoms with Crippen molar-refractivity contribution in [1.29, 1.82) is 0 Å². The molecule has 0 radical (unpaired) electrons. The summed E-state index contributed by atoms with van der Waals surface area (Å²) in [6.07, 6.45) is 6.84. The molecule has 2 N–H and O–H groups in total. The molecule has 21 heavy (non-hydrogen) atoms. The maximum atomic E-state index is 5.43. The lowest BCUT2D eigenvalue weighted by molar-refractivity contribution is 0.157. The molecule has 114 valence electrons. The van der Waals surface area contributed by atoms with E-state index < -0.39 is 0 Å². The zero-order valence-electron chi connectivity index (χ0n) is 13.4. The molecule has 1 aliphatic rings. The molecule has 0 heterocycles. The standard InChI is InChI=1S/C19H28N2/c1-3-16-9-11-19(12-10-16)21(2)15-18-7-4-6-17(14-18)8-5-13-20/h4,6-7,14,16,19H,3,9-13,15,20H2,1-2H3. The molecule has 1 aliphatic carbocycles. The van der Waals surface area contributed by atoms with Gasteiger partial charge < -0.3 is 5.73 Å². The number of hydrogen-bond acceptors (Lipinski definition) is 2. The van der Waals surface area contributed by atoms with Crippen molar-refractivity contribution in [2.75, 3.05) is 13.6 Å². The summed E-state index contributed by atoms with van der Waals surface area (Å²) in [5.74, 6) is 7.00. The third-order valence-electron chi connectivity index (χ3n) is 4.71. The molecule has 1 aromatic rings. The van der Waals surface area contributed by atoms with Crippen molar-refractivity contribution in [3.63, 3.8) is 0 Å². The molecule has 0 spiro atoms. The van der Waals surface area contributed by atoms with Gasteiger partial charge >= 0.3 is 0 Å². The summed E-state index contributed by atoms with van der Waals surface area (Å²) in [4.78, 5) is 2.52. The van der Waals surface area contributed by atoms with E-state index in [2.05, 4.69) is 55.0 Å². The van der Waals surface area contributed by atoms with E-state index >= 15 is 0 Å². The van der Waals surface area contributed by atoms with E-state index in [4.69, 9.17) is 5.73 Å². The van der Waals surface area contributed by atoms with Crippen molar-refractivity contribution in [3.05, 3.63) is 35.4 Å². The van der Waals surface area contributed by atoms with Crippen molar-refractivity contribution >= 4 is 0 Å². The lowest BCUT2D eigenvalue weighted by atomic mass is 9.84. The smallest absolute Gasteiger partial charge is 0.0555 e. The van der Waals surface area contributed by atoms with Crippen LogP contribution in [-0.2, 0) is 6.54 Å². The Kier molecular flexibility index (Phi) is 6.29. The zero-order valence-corrected chi connectivity index (χ0v) is 13.4. The molecule has 0 unspecified atom stereocenters. The van der Waals surface area contributed by atoms with Gasteiger partial charge in [-0.25, -0.2) is 0 Å². The molecule has 1 aromatic carbocycles. The first-order chi connectivity index (χ1) is 10.2. The average Bonchev–Trinajstić information content (AvgIpc) is 2.53. The molecular weight excluding hydrogens is 256 g/mol. The minimum atomic E-state index is 0.421. The lowest BCUT2D eigenvalue weighted by Gasteiger charge is -2.34. The number of nitrogens with two attached hydrogens (primary N) is 1. The zero-order chi connectivity index (χ0) is 15.1. The van der Waals surface area contributed by atoms with Crippen LogP contribution in [0.5, 0.6) is 0 Å². The normalized spacial score (nSPS) is 21.9. The summed E-state index contributed by atoms with van der Waals surface area (Å²) in [7, 11) is 2.26. The van der Waals surface area contributed by atoms with E-state index in [-0.39, 0.29) is 0 Å². The maximum absolute atomic E-state index is 5.43. The Morgan fingerprint density at radius 3 is 2.67 bits per heavy atom. The van der Waals surface area contributed by atoms with Crippen LogP contribution in [0, 0.1) is 17.8 Å². The van der Waals surface area contributed by atoms with Crippen LogP contribution in [0.1, 0.15) is 50.2 Å². The van der Waals surface area contributed by atoms with Crippen LogP contribution in [0.4, 0.5) is 0 Å². The number of hydrogen-bond donors (Lipinski definition) is 1. The summed E-state index contributed by atoms with van der Waals surface area (Å²) in [6, 6.07) is 9.28. The summed E-state index contributed by atoms with van der Waals surface area (Å²) in [6.45, 7) is 3.76. The molecule has 0 saturated heterocycles. The molecule has 1 fully saturated rings. The van der Waals surface area contributed by atoms with Gasteiger partial charge in [0.15, 0.2) is 0 Å². The highest BCUT2D eigenvalue weighted by molar-refractivity contribution is 5.37. The number of nitrogens with zero attached hydrogens (tertiary/aromatic N) is 1. The average molecular weight is 284 g/mol. The van der Waals surface area contributed by atoms with E-state index in [0.717, 1.165) is 24.1 Å². The van der Waals surface area contributed by atoms with Crippen LogP contribution in [0.3, 0.4) is 0 Å². The maximum Gasteiger partial charge on any atom is 0.0555 e. The molecule has 0 amide bonds. The molecule has 0 aromatic heterocycles. The largest absolute Gasteiger partial charge is 0.320 e. The second kappa shape index (κ2) is 8.22. The highest BCUT2D eigenvalue weighted by Gasteiger charge is 2.22. The summed E-state index contributed by atoms with van der Waals surface area (Å²) in [5.41, 5.74) is 7.85. The third kappa shape index (κ3) is 4.88. The van der Waals surface area contributed by atoms with Crippen molar-refractivity contribution in [2.45, 2.75) is 51.6 Å². The van der Waals surface area contributed by atoms with Gasteiger partial charge in [0, 0.05) is 18.2 Å². The Balaban J connectivity index is 1.92. The van der Waals surface area contributed by atoms with Gasteiger partial charge in [-0.05, 0) is 56.3 Å². The highest BCUT2D eigenvalue weighted by atomic mass is 15.1. The van der Waals surface area contributed by atoms with Gasteiger partial charge in [0.05, 0.1) is 6.54 Å². The van der Waals surface area contributed by atoms with Gasteiger partial charge in [0.25, 0.3) is 0 Å². The van der Waals surface area contributed by atoms with Crippen molar-refractivity contribution < 1.29 is 0 Å². The molecule has 0 atom stereocenters. The third-order valence-corrected chi connectivity index (χ3v) is 4.71. The van der Waals surface area contributed by atoms with Gasteiger partial charge in [-0.1, -0.05) is 37.3 Å². The Hall–Kier alpha value is -1.30. The first kappa shape index (κ1) is 16.1. The van der Waals surface area contributed by atoms with Gasteiger partial charge in [-0.2, -0.15) is 0 Å². The molecule has 1 saturated carbocycles. The first-order valence-electron chi connectivity index (χ1n) is 8.21. The summed E-state index contributed by atoms with van der Waals surface area (Å²) < 4.78 is 0. The number of rotatable bonds is 4. The van der Waals surface area contributed by atoms with E-state index in [1.165, 1.54) is 37.7 Å². The molecule has 0 bridgehead atoms. The Morgan fingerprint density at radius 1 is 1.24 bits per heavy atom. The first-order valence-corrected chi connectivity index (χ1v) is 8.21. The van der Waals surface area contributed by atoms with E-state index in [0.29, 0.717) is 6.54 Å². The Bertz CT molecular complexity index is 490. The van der Waals surface area contributed by atoms with Gasteiger partial charge in [-0.15, -0.1) is 0 Å². The fourth-order valence-corrected chi connectivity index (χ4v) is 3.31. The minimum absolute atomic E-state index is 0.421. The second-order valence-corrected chi connectivity index (χ2v) is 6.20. The molecule has 2 heteroatoms. The molecule has 2 nitrogen and oxygen atoms in total. The Labute approximate surface area is 129 Å². The van der Waals surface area contributed by atoms with E-state index in [1.54, 1.807) is 0 Å².